The van der Waals surface area contributed by atoms with Gasteiger partial charge in [-0.05, 0) is 23.8 Å². The van der Waals surface area contributed by atoms with Crippen LogP contribution in [0, 0.1) is 11.8 Å². The molecule has 2 heterocycles. The van der Waals surface area contributed by atoms with Crippen LogP contribution in [0.15, 0.2) is 30.3 Å². The fourth-order valence-electron chi connectivity index (χ4n) is 4.32. The first kappa shape index (κ1) is 20.8. The molecule has 2 aliphatic rings. The van der Waals surface area contributed by atoms with Crippen LogP contribution in [0.3, 0.4) is 0 Å². The normalized spacial score (nSPS) is 24.1. The lowest BCUT2D eigenvalue weighted by Gasteiger charge is -2.38. The van der Waals surface area contributed by atoms with Crippen LogP contribution < -0.4 is 5.32 Å². The second-order valence-electron chi connectivity index (χ2n) is 8.56. The zero-order valence-electron chi connectivity index (χ0n) is 17.3. The number of carbonyl (C=O) groups is 2. The molecule has 3 rings (SSSR count). The Morgan fingerprint density at radius 2 is 1.50 bits per heavy atom. The van der Waals surface area contributed by atoms with Crippen LogP contribution in [0.4, 0.5) is 0 Å². The zero-order valence-corrected chi connectivity index (χ0v) is 17.3. The van der Waals surface area contributed by atoms with Crippen LogP contribution in [0.1, 0.15) is 25.8 Å². The van der Waals surface area contributed by atoms with Crippen molar-refractivity contribution in [1.82, 2.24) is 20.0 Å². The van der Waals surface area contributed by atoms with Crippen molar-refractivity contribution < 1.29 is 9.59 Å². The van der Waals surface area contributed by atoms with Gasteiger partial charge in [0.25, 0.3) is 0 Å². The lowest BCUT2D eigenvalue weighted by molar-refractivity contribution is -0.135. The molecule has 6 heteroatoms. The first-order valence-corrected chi connectivity index (χ1v) is 10.5. The number of hydrogen-bond acceptors (Lipinski definition) is 4. The third-order valence-corrected chi connectivity index (χ3v) is 5.75. The van der Waals surface area contributed by atoms with Gasteiger partial charge in [-0.1, -0.05) is 44.2 Å². The third kappa shape index (κ3) is 6.31. The molecule has 0 radical (unpaired) electrons. The minimum absolute atomic E-state index is 0.0599. The van der Waals surface area contributed by atoms with Gasteiger partial charge in [0.2, 0.25) is 11.8 Å². The van der Waals surface area contributed by atoms with Gasteiger partial charge in [-0.2, -0.15) is 0 Å². The van der Waals surface area contributed by atoms with E-state index >= 15 is 0 Å². The maximum absolute atomic E-state index is 12.6. The molecule has 0 spiro atoms. The highest BCUT2D eigenvalue weighted by Gasteiger charge is 2.27. The molecule has 2 fully saturated rings. The predicted molar refractivity (Wildman–Crippen MR) is 111 cm³/mol. The van der Waals surface area contributed by atoms with Gasteiger partial charge in [0.05, 0.1) is 13.1 Å². The Balaban J connectivity index is 1.35. The Kier molecular flexibility index (Phi) is 7.45. The Morgan fingerprint density at radius 3 is 2.11 bits per heavy atom. The molecule has 2 aliphatic heterocycles. The van der Waals surface area contributed by atoms with E-state index in [1.807, 2.05) is 35.2 Å². The highest BCUT2D eigenvalue weighted by atomic mass is 16.2. The fourth-order valence-corrected chi connectivity index (χ4v) is 4.32. The van der Waals surface area contributed by atoms with Crippen molar-refractivity contribution in [2.45, 2.75) is 26.8 Å². The van der Waals surface area contributed by atoms with Crippen molar-refractivity contribution >= 4 is 11.8 Å². The van der Waals surface area contributed by atoms with Crippen molar-refractivity contribution in [1.29, 1.82) is 0 Å². The molecule has 0 aromatic heterocycles. The van der Waals surface area contributed by atoms with Crippen molar-refractivity contribution in [2.75, 3.05) is 52.4 Å². The molecule has 0 unspecified atom stereocenters. The molecular formula is C22H34N4O2. The number of amides is 2. The molecular weight excluding hydrogens is 352 g/mol. The average Bonchev–Trinajstić information content (AvgIpc) is 2.68. The lowest BCUT2D eigenvalue weighted by Crippen LogP contribution is -2.53. The molecule has 1 aromatic rings. The van der Waals surface area contributed by atoms with Gasteiger partial charge >= 0.3 is 0 Å². The van der Waals surface area contributed by atoms with Crippen molar-refractivity contribution in [2.24, 2.45) is 11.8 Å². The number of rotatable bonds is 6. The zero-order chi connectivity index (χ0) is 19.9. The predicted octanol–water partition coefficient (Wildman–Crippen LogP) is 1.42. The molecule has 1 N–H and O–H groups in total. The van der Waals surface area contributed by atoms with E-state index in [9.17, 15) is 9.59 Å². The maximum Gasteiger partial charge on any atom is 0.236 e. The molecule has 6 nitrogen and oxygen atoms in total. The van der Waals surface area contributed by atoms with E-state index in [2.05, 4.69) is 29.0 Å². The molecule has 2 amide bonds. The van der Waals surface area contributed by atoms with Crippen molar-refractivity contribution in [3.63, 3.8) is 0 Å². The highest BCUT2D eigenvalue weighted by Crippen LogP contribution is 2.21. The van der Waals surface area contributed by atoms with Crippen molar-refractivity contribution in [3.8, 4) is 0 Å². The summed E-state index contributed by atoms with van der Waals surface area (Å²) in [6.07, 6.45) is 1.22. The van der Waals surface area contributed by atoms with Crippen LogP contribution in [0.25, 0.3) is 0 Å². The van der Waals surface area contributed by atoms with Gasteiger partial charge in [0.15, 0.2) is 0 Å². The topological polar surface area (TPSA) is 55.9 Å². The lowest BCUT2D eigenvalue weighted by atomic mass is 9.92. The van der Waals surface area contributed by atoms with Crippen LogP contribution in [-0.2, 0) is 16.1 Å². The Labute approximate surface area is 168 Å². The number of carbonyl (C=O) groups excluding carboxylic acids is 2. The summed E-state index contributed by atoms with van der Waals surface area (Å²) in [5, 5.41) is 2.99. The summed E-state index contributed by atoms with van der Waals surface area (Å²) in [6, 6.07) is 9.96. The smallest absolute Gasteiger partial charge is 0.236 e. The van der Waals surface area contributed by atoms with Crippen molar-refractivity contribution in [3.05, 3.63) is 35.9 Å². The number of benzene rings is 1. The van der Waals surface area contributed by atoms with E-state index < -0.39 is 0 Å². The number of likely N-dealkylation sites (tertiary alicyclic amines) is 1. The number of hydrogen-bond donors (Lipinski definition) is 1. The summed E-state index contributed by atoms with van der Waals surface area (Å²) in [6.45, 7) is 11.1. The fraction of sp³-hybridized carbons (Fsp3) is 0.636. The van der Waals surface area contributed by atoms with E-state index in [-0.39, 0.29) is 11.8 Å². The first-order chi connectivity index (χ1) is 13.5. The number of piperidine rings is 1. The monoisotopic (exact) mass is 386 g/mol. The Morgan fingerprint density at radius 1 is 0.929 bits per heavy atom. The number of nitrogens with zero attached hydrogens (tertiary/aromatic N) is 3. The molecule has 2 saturated heterocycles. The molecule has 0 saturated carbocycles. The summed E-state index contributed by atoms with van der Waals surface area (Å²) in [5.41, 5.74) is 1.11. The average molecular weight is 387 g/mol. The van der Waals surface area contributed by atoms with Crippen LogP contribution in [0.2, 0.25) is 0 Å². The van der Waals surface area contributed by atoms with Gasteiger partial charge in [-0.15, -0.1) is 0 Å². The Bertz CT molecular complexity index is 633. The summed E-state index contributed by atoms with van der Waals surface area (Å²) in [7, 11) is 0. The summed E-state index contributed by atoms with van der Waals surface area (Å²) in [5.74, 6) is 1.51. The van der Waals surface area contributed by atoms with Crippen LogP contribution in [-0.4, -0.2) is 78.9 Å². The number of nitrogens with one attached hydrogen (secondary N) is 1. The van der Waals surface area contributed by atoms with Gasteiger partial charge in [0, 0.05) is 45.8 Å². The third-order valence-electron chi connectivity index (χ3n) is 5.75. The standard InChI is InChI=1S/C22H34N4O2/c1-18-12-19(2)15-26(14-18)22(28)17-25-10-8-24(9-11-25)16-21(27)23-13-20-6-4-3-5-7-20/h3-7,18-19H,8-17H2,1-2H3,(H,23,27)/t18-,19-/m0/s1. The first-order valence-electron chi connectivity index (χ1n) is 10.5. The molecule has 154 valence electrons. The summed E-state index contributed by atoms with van der Waals surface area (Å²) in [4.78, 5) is 31.3. The van der Waals surface area contributed by atoms with E-state index in [1.165, 1.54) is 6.42 Å². The maximum atomic E-state index is 12.6. The summed E-state index contributed by atoms with van der Waals surface area (Å²) >= 11 is 0. The molecule has 28 heavy (non-hydrogen) atoms. The largest absolute Gasteiger partial charge is 0.351 e. The summed E-state index contributed by atoms with van der Waals surface area (Å²) < 4.78 is 0. The van der Waals surface area contributed by atoms with Gasteiger partial charge < -0.3 is 10.2 Å². The molecule has 2 atom stereocenters. The van der Waals surface area contributed by atoms with E-state index in [1.54, 1.807) is 0 Å². The minimum Gasteiger partial charge on any atom is -0.351 e. The second kappa shape index (κ2) is 10.0. The van der Waals surface area contributed by atoms with E-state index in [4.69, 9.17) is 0 Å². The van der Waals surface area contributed by atoms with Crippen LogP contribution in [0.5, 0.6) is 0 Å². The molecule has 1 aromatic carbocycles. The molecule has 0 bridgehead atoms. The van der Waals surface area contributed by atoms with Gasteiger partial charge in [-0.25, -0.2) is 0 Å². The Hall–Kier alpha value is -1.92. The van der Waals surface area contributed by atoms with E-state index in [0.717, 1.165) is 44.8 Å². The number of piperazine rings is 1. The minimum atomic E-state index is 0.0599. The highest BCUT2D eigenvalue weighted by molar-refractivity contribution is 5.78. The van der Waals surface area contributed by atoms with E-state index in [0.29, 0.717) is 31.5 Å². The van der Waals surface area contributed by atoms with Crippen LogP contribution >= 0.6 is 0 Å². The molecule has 0 aliphatic carbocycles. The SMILES string of the molecule is C[C@H]1C[C@H](C)CN(C(=O)CN2CCN(CC(=O)NCc3ccccc3)CC2)C1. The quantitative estimate of drug-likeness (QED) is 0.804. The van der Waals surface area contributed by atoms with Gasteiger partial charge in [0.1, 0.15) is 0 Å². The van der Waals surface area contributed by atoms with Gasteiger partial charge in [-0.3, -0.25) is 19.4 Å². The second-order valence-corrected chi connectivity index (χ2v) is 8.56.